The highest BCUT2D eigenvalue weighted by molar-refractivity contribution is 7.98. The predicted molar refractivity (Wildman–Crippen MR) is 80.6 cm³/mol. The summed E-state index contributed by atoms with van der Waals surface area (Å²) >= 11 is 9.48. The molecule has 0 spiro atoms. The molecule has 2 nitrogen and oxygen atoms in total. The SMILES string of the molecule is Cc1nc(CSc2cccc(Cl)c2)sc1CCN. The fourth-order valence-corrected chi connectivity index (χ4v) is 3.90. The molecule has 2 rings (SSSR count). The highest BCUT2D eigenvalue weighted by atomic mass is 35.5. The molecule has 0 radical (unpaired) electrons. The molecule has 0 atom stereocenters. The number of benzene rings is 1. The molecule has 96 valence electrons. The van der Waals surface area contributed by atoms with Gasteiger partial charge in [0.05, 0.1) is 11.4 Å². The molecule has 5 heteroatoms. The van der Waals surface area contributed by atoms with Crippen molar-refractivity contribution < 1.29 is 0 Å². The topological polar surface area (TPSA) is 38.9 Å². The zero-order valence-electron chi connectivity index (χ0n) is 10.1. The van der Waals surface area contributed by atoms with E-state index < -0.39 is 0 Å². The number of thiazole rings is 1. The number of nitrogens with zero attached hydrogens (tertiary/aromatic N) is 1. The van der Waals surface area contributed by atoms with Crippen LogP contribution in [0.2, 0.25) is 5.02 Å². The van der Waals surface area contributed by atoms with Gasteiger partial charge in [-0.15, -0.1) is 23.1 Å². The number of hydrogen-bond acceptors (Lipinski definition) is 4. The second kappa shape index (κ2) is 6.57. The maximum atomic E-state index is 5.96. The molecule has 18 heavy (non-hydrogen) atoms. The third-order valence-corrected chi connectivity index (χ3v) is 5.11. The van der Waals surface area contributed by atoms with E-state index in [1.165, 1.54) is 9.77 Å². The Morgan fingerprint density at radius 1 is 1.44 bits per heavy atom. The van der Waals surface area contributed by atoms with Crippen molar-refractivity contribution in [3.8, 4) is 0 Å². The molecule has 0 amide bonds. The predicted octanol–water partition coefficient (Wildman–Crippen LogP) is 3.90. The lowest BCUT2D eigenvalue weighted by Gasteiger charge is -1.99. The van der Waals surface area contributed by atoms with Crippen LogP contribution < -0.4 is 5.73 Å². The highest BCUT2D eigenvalue weighted by Crippen LogP contribution is 2.28. The lowest BCUT2D eigenvalue weighted by Crippen LogP contribution is -2.01. The fraction of sp³-hybridized carbons (Fsp3) is 0.308. The van der Waals surface area contributed by atoms with Crippen molar-refractivity contribution in [1.29, 1.82) is 0 Å². The molecule has 2 N–H and O–H groups in total. The quantitative estimate of drug-likeness (QED) is 0.851. The normalized spacial score (nSPS) is 10.8. The molecule has 0 aliphatic carbocycles. The van der Waals surface area contributed by atoms with Crippen LogP contribution in [0.5, 0.6) is 0 Å². The molecule has 0 fully saturated rings. The third kappa shape index (κ3) is 3.72. The van der Waals surface area contributed by atoms with E-state index in [4.69, 9.17) is 17.3 Å². The second-order valence-electron chi connectivity index (χ2n) is 3.90. The summed E-state index contributed by atoms with van der Waals surface area (Å²) in [4.78, 5) is 7.06. The summed E-state index contributed by atoms with van der Waals surface area (Å²) in [5.74, 6) is 0.885. The number of nitrogens with two attached hydrogens (primary N) is 1. The molecular formula is C13H15ClN2S2. The summed E-state index contributed by atoms with van der Waals surface area (Å²) in [6, 6.07) is 7.90. The molecule has 0 unspecified atom stereocenters. The Morgan fingerprint density at radius 3 is 3.00 bits per heavy atom. The van der Waals surface area contributed by atoms with Crippen molar-refractivity contribution in [2.45, 2.75) is 24.0 Å². The monoisotopic (exact) mass is 298 g/mol. The van der Waals surface area contributed by atoms with Gasteiger partial charge in [-0.2, -0.15) is 0 Å². The van der Waals surface area contributed by atoms with Crippen molar-refractivity contribution in [3.05, 3.63) is 44.9 Å². The Bertz CT molecular complexity index is 525. The summed E-state index contributed by atoms with van der Waals surface area (Å²) in [5, 5.41) is 1.93. The van der Waals surface area contributed by atoms with Crippen LogP contribution in [0.15, 0.2) is 29.2 Å². The van der Waals surface area contributed by atoms with Crippen molar-refractivity contribution >= 4 is 34.7 Å². The molecule has 1 aromatic carbocycles. The first kappa shape index (κ1) is 13.9. The van der Waals surface area contributed by atoms with Gasteiger partial charge in [-0.25, -0.2) is 4.98 Å². The van der Waals surface area contributed by atoms with E-state index in [-0.39, 0.29) is 0 Å². The van der Waals surface area contributed by atoms with Gasteiger partial charge in [-0.3, -0.25) is 0 Å². The Balaban J connectivity index is 2.00. The lowest BCUT2D eigenvalue weighted by atomic mass is 10.3. The largest absolute Gasteiger partial charge is 0.330 e. The lowest BCUT2D eigenvalue weighted by molar-refractivity contribution is 0.968. The van der Waals surface area contributed by atoms with Crippen molar-refractivity contribution in [2.24, 2.45) is 5.73 Å². The van der Waals surface area contributed by atoms with E-state index in [1.54, 1.807) is 23.1 Å². The van der Waals surface area contributed by atoms with Crippen LogP contribution in [0, 0.1) is 6.92 Å². The number of halogens is 1. The standard InChI is InChI=1S/C13H15ClN2S2/c1-9-12(5-6-15)18-13(16-9)8-17-11-4-2-3-10(14)7-11/h2-4,7H,5-6,8,15H2,1H3. The van der Waals surface area contributed by atoms with E-state index in [0.29, 0.717) is 6.54 Å². The van der Waals surface area contributed by atoms with Crippen molar-refractivity contribution in [2.75, 3.05) is 6.54 Å². The van der Waals surface area contributed by atoms with Gasteiger partial charge in [0.15, 0.2) is 0 Å². The third-order valence-electron chi connectivity index (χ3n) is 2.47. The number of aromatic nitrogens is 1. The Labute approximate surface area is 121 Å². The molecule has 1 aromatic heterocycles. The molecule has 0 aliphatic heterocycles. The molecule has 0 saturated heterocycles. The summed E-state index contributed by atoms with van der Waals surface area (Å²) in [6.07, 6.45) is 0.922. The van der Waals surface area contributed by atoms with Gasteiger partial charge in [0.2, 0.25) is 0 Å². The molecule has 0 bridgehead atoms. The maximum Gasteiger partial charge on any atom is 0.103 e. The van der Waals surface area contributed by atoms with Crippen molar-refractivity contribution in [1.82, 2.24) is 4.98 Å². The van der Waals surface area contributed by atoms with Crippen LogP contribution in [0.25, 0.3) is 0 Å². The van der Waals surface area contributed by atoms with Crippen LogP contribution in [-0.4, -0.2) is 11.5 Å². The summed E-state index contributed by atoms with van der Waals surface area (Å²) < 4.78 is 0. The molecular weight excluding hydrogens is 284 g/mol. The van der Waals surface area contributed by atoms with Gasteiger partial charge in [0.1, 0.15) is 5.01 Å². The first-order valence-corrected chi connectivity index (χ1v) is 7.90. The Morgan fingerprint density at radius 2 is 2.28 bits per heavy atom. The van der Waals surface area contributed by atoms with Gasteiger partial charge in [-0.05, 0) is 38.1 Å². The average molecular weight is 299 g/mol. The van der Waals surface area contributed by atoms with E-state index in [9.17, 15) is 0 Å². The van der Waals surface area contributed by atoms with Crippen LogP contribution in [0.1, 0.15) is 15.6 Å². The average Bonchev–Trinajstić information content (AvgIpc) is 2.69. The van der Waals surface area contributed by atoms with Crippen LogP contribution in [0.3, 0.4) is 0 Å². The van der Waals surface area contributed by atoms with E-state index in [0.717, 1.165) is 27.9 Å². The molecule has 1 heterocycles. The Hall–Kier alpha value is -0.550. The Kier molecular flexibility index (Phi) is 5.06. The van der Waals surface area contributed by atoms with Crippen LogP contribution in [0.4, 0.5) is 0 Å². The molecule has 0 aliphatic rings. The number of rotatable bonds is 5. The minimum atomic E-state index is 0.684. The van der Waals surface area contributed by atoms with E-state index in [2.05, 4.69) is 18.0 Å². The van der Waals surface area contributed by atoms with Gasteiger partial charge < -0.3 is 5.73 Å². The minimum absolute atomic E-state index is 0.684. The zero-order chi connectivity index (χ0) is 13.0. The van der Waals surface area contributed by atoms with Crippen LogP contribution in [-0.2, 0) is 12.2 Å². The molecule has 2 aromatic rings. The molecule has 0 saturated carbocycles. The van der Waals surface area contributed by atoms with Crippen molar-refractivity contribution in [3.63, 3.8) is 0 Å². The van der Waals surface area contributed by atoms with Gasteiger partial charge >= 0.3 is 0 Å². The maximum absolute atomic E-state index is 5.96. The van der Waals surface area contributed by atoms with Crippen LogP contribution >= 0.6 is 34.7 Å². The minimum Gasteiger partial charge on any atom is -0.330 e. The fourth-order valence-electron chi connectivity index (χ4n) is 1.61. The smallest absolute Gasteiger partial charge is 0.103 e. The van der Waals surface area contributed by atoms with E-state index >= 15 is 0 Å². The summed E-state index contributed by atoms with van der Waals surface area (Å²) in [6.45, 7) is 2.74. The first-order valence-electron chi connectivity index (χ1n) is 5.72. The van der Waals surface area contributed by atoms with E-state index in [1.807, 2.05) is 18.2 Å². The summed E-state index contributed by atoms with van der Waals surface area (Å²) in [5.41, 5.74) is 6.70. The number of aryl methyl sites for hydroxylation is 1. The van der Waals surface area contributed by atoms with Gasteiger partial charge in [-0.1, -0.05) is 17.7 Å². The first-order chi connectivity index (χ1) is 8.69. The summed E-state index contributed by atoms with van der Waals surface area (Å²) in [7, 11) is 0. The van der Waals surface area contributed by atoms with Gasteiger partial charge in [0, 0.05) is 14.8 Å². The zero-order valence-corrected chi connectivity index (χ0v) is 12.5. The highest BCUT2D eigenvalue weighted by Gasteiger charge is 2.07. The second-order valence-corrected chi connectivity index (χ2v) is 6.55. The number of hydrogen-bond donors (Lipinski definition) is 1. The van der Waals surface area contributed by atoms with Gasteiger partial charge in [0.25, 0.3) is 0 Å². The number of thioether (sulfide) groups is 1.